The van der Waals surface area contributed by atoms with Crippen molar-refractivity contribution in [3.63, 3.8) is 0 Å². The first-order chi connectivity index (χ1) is 10.9. The quantitative estimate of drug-likeness (QED) is 0.759. The summed E-state index contributed by atoms with van der Waals surface area (Å²) in [6.45, 7) is 2.31. The Balaban J connectivity index is 2.15. The number of amides is 1. The third-order valence-corrected chi connectivity index (χ3v) is 5.86. The molecule has 1 aromatic rings. The van der Waals surface area contributed by atoms with Crippen LogP contribution in [-0.4, -0.2) is 50.4 Å². The largest absolute Gasteiger partial charge is 0.496 e. The second-order valence-corrected chi connectivity index (χ2v) is 8.07. The van der Waals surface area contributed by atoms with Crippen molar-refractivity contribution < 1.29 is 17.9 Å². The van der Waals surface area contributed by atoms with Gasteiger partial charge in [-0.1, -0.05) is 11.6 Å². The van der Waals surface area contributed by atoms with Crippen LogP contribution in [0, 0.1) is 0 Å². The maximum atomic E-state index is 12.4. The van der Waals surface area contributed by atoms with Gasteiger partial charge in [-0.3, -0.25) is 4.79 Å². The van der Waals surface area contributed by atoms with Gasteiger partial charge in [0.05, 0.1) is 18.6 Å². The Morgan fingerprint density at radius 2 is 2.22 bits per heavy atom. The fraction of sp³-hybridized carbons (Fsp3) is 0.438. The lowest BCUT2D eigenvalue weighted by molar-refractivity contribution is -0.127. The molecule has 7 heteroatoms. The third-order valence-electron chi connectivity index (χ3n) is 3.87. The molecule has 0 N–H and O–H groups in total. The van der Waals surface area contributed by atoms with E-state index in [-0.39, 0.29) is 23.5 Å². The summed E-state index contributed by atoms with van der Waals surface area (Å²) < 4.78 is 28.4. The number of methoxy groups -OCH3 is 1. The second-order valence-electron chi connectivity index (χ2n) is 5.40. The zero-order chi connectivity index (χ0) is 17.0. The number of halogens is 1. The first-order valence-corrected chi connectivity index (χ1v) is 9.59. The summed E-state index contributed by atoms with van der Waals surface area (Å²) in [7, 11) is -1.48. The SMILES string of the molecule is CCN(C(=O)/C=C/c1cc(Cl)ccc1OC)C1CCS(=O)(=O)C1. The lowest BCUT2D eigenvalue weighted by Gasteiger charge is -2.25. The molecular formula is C16H20ClNO4S. The molecule has 1 fully saturated rings. The van der Waals surface area contributed by atoms with Crippen molar-refractivity contribution in [2.24, 2.45) is 0 Å². The van der Waals surface area contributed by atoms with Crippen molar-refractivity contribution in [3.05, 3.63) is 34.9 Å². The number of rotatable bonds is 5. The van der Waals surface area contributed by atoms with Crippen LogP contribution in [0.1, 0.15) is 18.9 Å². The summed E-state index contributed by atoms with van der Waals surface area (Å²) in [6.07, 6.45) is 3.57. The normalized spacial score (nSPS) is 19.9. The molecule has 0 spiro atoms. The summed E-state index contributed by atoms with van der Waals surface area (Å²) in [5.74, 6) is 0.593. The minimum absolute atomic E-state index is 0.0426. The highest BCUT2D eigenvalue weighted by Crippen LogP contribution is 2.24. The Labute approximate surface area is 141 Å². The van der Waals surface area contributed by atoms with Gasteiger partial charge in [0.1, 0.15) is 5.75 Å². The van der Waals surface area contributed by atoms with E-state index in [9.17, 15) is 13.2 Å². The van der Waals surface area contributed by atoms with E-state index in [4.69, 9.17) is 16.3 Å². The molecular weight excluding hydrogens is 338 g/mol. The van der Waals surface area contributed by atoms with Crippen LogP contribution in [0.3, 0.4) is 0 Å². The monoisotopic (exact) mass is 357 g/mol. The van der Waals surface area contributed by atoms with Gasteiger partial charge in [0.25, 0.3) is 0 Å². The van der Waals surface area contributed by atoms with Crippen LogP contribution in [0.15, 0.2) is 24.3 Å². The van der Waals surface area contributed by atoms with Gasteiger partial charge in [0.15, 0.2) is 9.84 Å². The molecule has 1 aromatic carbocycles. The fourth-order valence-corrected chi connectivity index (χ4v) is 4.62. The number of benzene rings is 1. The molecule has 1 unspecified atom stereocenters. The maximum absolute atomic E-state index is 12.4. The zero-order valence-electron chi connectivity index (χ0n) is 13.2. The average molecular weight is 358 g/mol. The van der Waals surface area contributed by atoms with E-state index >= 15 is 0 Å². The van der Waals surface area contributed by atoms with Crippen LogP contribution in [0.2, 0.25) is 5.02 Å². The Hall–Kier alpha value is -1.53. The lowest BCUT2D eigenvalue weighted by Crippen LogP contribution is -2.40. The number of hydrogen-bond donors (Lipinski definition) is 0. The van der Waals surface area contributed by atoms with Crippen molar-refractivity contribution in [1.29, 1.82) is 0 Å². The van der Waals surface area contributed by atoms with Crippen molar-refractivity contribution in [2.45, 2.75) is 19.4 Å². The summed E-state index contributed by atoms with van der Waals surface area (Å²) in [4.78, 5) is 14.0. The summed E-state index contributed by atoms with van der Waals surface area (Å²) in [5.41, 5.74) is 0.698. The number of carbonyl (C=O) groups is 1. The van der Waals surface area contributed by atoms with Crippen molar-refractivity contribution >= 4 is 33.4 Å². The van der Waals surface area contributed by atoms with Crippen LogP contribution < -0.4 is 4.74 Å². The molecule has 1 amide bonds. The van der Waals surface area contributed by atoms with E-state index < -0.39 is 9.84 Å². The number of nitrogens with zero attached hydrogens (tertiary/aromatic N) is 1. The molecule has 23 heavy (non-hydrogen) atoms. The Morgan fingerprint density at radius 3 is 2.78 bits per heavy atom. The Kier molecular flexibility index (Phi) is 5.70. The fourth-order valence-electron chi connectivity index (χ4n) is 2.71. The van der Waals surface area contributed by atoms with Gasteiger partial charge < -0.3 is 9.64 Å². The highest BCUT2D eigenvalue weighted by Gasteiger charge is 2.33. The predicted molar refractivity (Wildman–Crippen MR) is 91.5 cm³/mol. The molecule has 1 aliphatic rings. The minimum Gasteiger partial charge on any atom is -0.496 e. The van der Waals surface area contributed by atoms with Crippen LogP contribution in [0.4, 0.5) is 0 Å². The van der Waals surface area contributed by atoms with E-state index in [0.29, 0.717) is 29.3 Å². The molecule has 0 aliphatic carbocycles. The van der Waals surface area contributed by atoms with E-state index in [1.165, 1.54) is 6.08 Å². The van der Waals surface area contributed by atoms with Crippen LogP contribution >= 0.6 is 11.6 Å². The van der Waals surface area contributed by atoms with Gasteiger partial charge >= 0.3 is 0 Å². The molecule has 1 saturated heterocycles. The Bertz CT molecular complexity index is 715. The Morgan fingerprint density at radius 1 is 1.48 bits per heavy atom. The average Bonchev–Trinajstić information content (AvgIpc) is 2.86. The summed E-state index contributed by atoms with van der Waals surface area (Å²) >= 11 is 5.96. The third kappa shape index (κ3) is 4.48. The molecule has 2 rings (SSSR count). The molecule has 1 heterocycles. The van der Waals surface area contributed by atoms with Gasteiger partial charge in [-0.15, -0.1) is 0 Å². The molecule has 1 atom stereocenters. The van der Waals surface area contributed by atoms with Crippen LogP contribution in [0.5, 0.6) is 5.75 Å². The maximum Gasteiger partial charge on any atom is 0.246 e. The van der Waals surface area contributed by atoms with E-state index in [1.807, 2.05) is 6.92 Å². The zero-order valence-corrected chi connectivity index (χ0v) is 14.7. The molecule has 0 bridgehead atoms. The molecule has 0 aromatic heterocycles. The van der Waals surface area contributed by atoms with Crippen molar-refractivity contribution in [1.82, 2.24) is 4.90 Å². The topological polar surface area (TPSA) is 63.7 Å². The first-order valence-electron chi connectivity index (χ1n) is 7.39. The van der Waals surface area contributed by atoms with Crippen molar-refractivity contribution in [3.8, 4) is 5.75 Å². The minimum atomic E-state index is -3.02. The van der Waals surface area contributed by atoms with Gasteiger partial charge in [-0.05, 0) is 37.6 Å². The molecule has 5 nitrogen and oxygen atoms in total. The summed E-state index contributed by atoms with van der Waals surface area (Å²) in [6, 6.07) is 4.90. The van der Waals surface area contributed by atoms with E-state index in [0.717, 1.165) is 0 Å². The molecule has 0 saturated carbocycles. The second kappa shape index (κ2) is 7.36. The molecule has 1 aliphatic heterocycles. The van der Waals surface area contributed by atoms with E-state index in [2.05, 4.69) is 0 Å². The van der Waals surface area contributed by atoms with Crippen molar-refractivity contribution in [2.75, 3.05) is 25.2 Å². The smallest absolute Gasteiger partial charge is 0.246 e. The molecule has 0 radical (unpaired) electrons. The van der Waals surface area contributed by atoms with Gasteiger partial charge in [0.2, 0.25) is 5.91 Å². The van der Waals surface area contributed by atoms with E-state index in [1.54, 1.807) is 36.3 Å². The number of likely N-dealkylation sites (N-methyl/N-ethyl adjacent to an activating group) is 1. The first kappa shape index (κ1) is 17.8. The lowest BCUT2D eigenvalue weighted by atomic mass is 10.1. The number of sulfone groups is 1. The van der Waals surface area contributed by atoms with Gasteiger partial charge in [-0.2, -0.15) is 0 Å². The predicted octanol–water partition coefficient (Wildman–Crippen LogP) is 2.40. The van der Waals surface area contributed by atoms with Gasteiger partial charge in [0, 0.05) is 29.2 Å². The number of ether oxygens (including phenoxy) is 1. The van der Waals surface area contributed by atoms with Crippen LogP contribution in [-0.2, 0) is 14.6 Å². The van der Waals surface area contributed by atoms with Gasteiger partial charge in [-0.25, -0.2) is 8.42 Å². The highest BCUT2D eigenvalue weighted by atomic mass is 35.5. The van der Waals surface area contributed by atoms with Crippen LogP contribution in [0.25, 0.3) is 6.08 Å². The molecule has 126 valence electrons. The number of carbonyl (C=O) groups excluding carboxylic acids is 1. The highest BCUT2D eigenvalue weighted by molar-refractivity contribution is 7.91. The number of hydrogen-bond acceptors (Lipinski definition) is 4. The standard InChI is InChI=1S/C16H20ClNO4S/c1-3-18(14-8-9-23(20,21)11-14)16(19)7-4-12-10-13(17)5-6-15(12)22-2/h4-7,10,14H,3,8-9,11H2,1-2H3/b7-4+. The summed E-state index contributed by atoms with van der Waals surface area (Å²) in [5, 5.41) is 0.548.